The number of aromatic amines is 2. The fourth-order valence-electron chi connectivity index (χ4n) is 4.32. The molecule has 0 aliphatic heterocycles. The summed E-state index contributed by atoms with van der Waals surface area (Å²) in [5, 5.41) is 0. The van der Waals surface area contributed by atoms with Crippen LogP contribution in [0.4, 0.5) is 0 Å². The standard InChI is InChI=1S/C12H20N.C6H8N.2C2H6N.Hf/c1-11(2,3)9-7-8-10(13-9)12(4,5)6;1-5-3-4-6(2)7-5;2*1-3-2;/h7,13H,1-6H3;3,7H,1-2H3;2*1-2H3;/q;;2*-1;+2. The van der Waals surface area contributed by atoms with Crippen LogP contribution in [0.3, 0.4) is 0 Å². The van der Waals surface area contributed by atoms with E-state index in [-0.39, 0.29) is 10.8 Å². The minimum atomic E-state index is -3.52. The fourth-order valence-corrected chi connectivity index (χ4v) is 22.8. The summed E-state index contributed by atoms with van der Waals surface area (Å²) in [6, 6.07) is 4.89. The molecule has 2 rings (SSSR count). The monoisotopic (exact) mass is 540 g/mol. The van der Waals surface area contributed by atoms with Crippen LogP contribution in [0.25, 0.3) is 0 Å². The Morgan fingerprint density at radius 3 is 1.59 bits per heavy atom. The number of H-pyrrole nitrogens is 2. The maximum atomic E-state index is 3.86. The predicted octanol–water partition coefficient (Wildman–Crippen LogP) is 3.61. The summed E-state index contributed by atoms with van der Waals surface area (Å²) < 4.78 is 8.21. The van der Waals surface area contributed by atoms with Gasteiger partial charge in [-0.05, 0) is 0 Å². The number of aromatic nitrogens is 2. The molecular weight excluding hydrogens is 499 g/mol. The Bertz CT molecular complexity index is 789. The molecule has 0 aromatic carbocycles. The Morgan fingerprint density at radius 2 is 1.26 bits per heavy atom. The van der Waals surface area contributed by atoms with Gasteiger partial charge in [-0.3, -0.25) is 0 Å². The maximum absolute atomic E-state index is 3.86. The Morgan fingerprint density at radius 1 is 0.741 bits per heavy atom. The van der Waals surface area contributed by atoms with Crippen molar-refractivity contribution in [3.05, 3.63) is 34.9 Å². The number of aryl methyl sites for hydroxylation is 2. The number of hydrogen-bond acceptors (Lipinski definition) is 2. The van der Waals surface area contributed by atoms with E-state index in [0.29, 0.717) is 0 Å². The van der Waals surface area contributed by atoms with Gasteiger partial charge in [-0.15, -0.1) is 0 Å². The van der Waals surface area contributed by atoms with Crippen molar-refractivity contribution in [2.45, 2.75) is 66.2 Å². The van der Waals surface area contributed by atoms with E-state index in [1.807, 2.05) is 0 Å². The van der Waals surface area contributed by atoms with Crippen LogP contribution in [0.1, 0.15) is 64.3 Å². The van der Waals surface area contributed by atoms with Crippen LogP contribution in [0.15, 0.2) is 12.1 Å². The summed E-state index contributed by atoms with van der Waals surface area (Å²) in [4.78, 5) is 7.44. The van der Waals surface area contributed by atoms with Crippen molar-refractivity contribution in [3.63, 3.8) is 0 Å². The van der Waals surface area contributed by atoms with Gasteiger partial charge in [-0.1, -0.05) is 0 Å². The Kier molecular flexibility index (Phi) is 6.13. The Labute approximate surface area is 171 Å². The van der Waals surface area contributed by atoms with E-state index in [0.717, 1.165) is 0 Å². The second kappa shape index (κ2) is 7.31. The molecule has 4 nitrogen and oxygen atoms in total. The quantitative estimate of drug-likeness (QED) is 0.584. The molecule has 0 unspecified atom stereocenters. The Hall–Kier alpha value is -0.650. The van der Waals surface area contributed by atoms with Crippen molar-refractivity contribution in [2.24, 2.45) is 0 Å². The van der Waals surface area contributed by atoms with Gasteiger partial charge in [0.25, 0.3) is 0 Å². The van der Waals surface area contributed by atoms with E-state index in [4.69, 9.17) is 0 Å². The van der Waals surface area contributed by atoms with Gasteiger partial charge in [0.05, 0.1) is 0 Å². The fraction of sp³-hybridized carbons (Fsp3) is 0.636. The predicted molar refractivity (Wildman–Crippen MR) is 115 cm³/mol. The van der Waals surface area contributed by atoms with Crippen LogP contribution in [0, 0.1) is 13.8 Å². The molecule has 2 N–H and O–H groups in total. The average molecular weight is 539 g/mol. The zero-order valence-corrected chi connectivity index (χ0v) is 23.1. The molecule has 0 saturated carbocycles. The van der Waals surface area contributed by atoms with Gasteiger partial charge in [-0.25, -0.2) is 0 Å². The molecule has 27 heavy (non-hydrogen) atoms. The average Bonchev–Trinajstić information content (AvgIpc) is 3.03. The minimum absolute atomic E-state index is 0.0648. The molecule has 0 aliphatic rings. The van der Waals surface area contributed by atoms with Crippen molar-refractivity contribution in [3.8, 4) is 0 Å². The van der Waals surface area contributed by atoms with Crippen LogP contribution < -0.4 is 6.64 Å². The number of hydrogen-bond donors (Lipinski definition) is 2. The molecule has 0 fully saturated rings. The van der Waals surface area contributed by atoms with Crippen molar-refractivity contribution in [1.29, 1.82) is 0 Å². The van der Waals surface area contributed by atoms with Gasteiger partial charge in [0, 0.05) is 0 Å². The third kappa shape index (κ3) is 3.92. The third-order valence-corrected chi connectivity index (χ3v) is 23.6. The summed E-state index contributed by atoms with van der Waals surface area (Å²) >= 11 is -3.52. The zero-order chi connectivity index (χ0) is 20.9. The van der Waals surface area contributed by atoms with E-state index in [2.05, 4.69) is 111 Å². The molecule has 152 valence electrons. The topological polar surface area (TPSA) is 38.1 Å². The van der Waals surface area contributed by atoms with E-state index < -0.39 is 20.5 Å². The molecule has 0 amide bonds. The SMILES string of the molecule is Cc1c[c]([Hf]([c]2cc(C(C)(C)C)[nH]c2C(C)(C)C)([N](C)C)[N](C)C)c(C)[nH]1. The molecule has 5 heteroatoms. The van der Waals surface area contributed by atoms with Crippen LogP contribution >= 0.6 is 0 Å². The van der Waals surface area contributed by atoms with Gasteiger partial charge < -0.3 is 0 Å². The molecule has 0 aliphatic carbocycles. The van der Waals surface area contributed by atoms with E-state index in [1.54, 1.807) is 3.32 Å². The van der Waals surface area contributed by atoms with Crippen LogP contribution in [-0.2, 0) is 31.4 Å². The first-order valence-corrected chi connectivity index (χ1v) is 16.7. The third-order valence-electron chi connectivity index (χ3n) is 5.57. The molecule has 2 heterocycles. The molecule has 0 bridgehead atoms. The molecule has 0 spiro atoms. The molecule has 0 saturated heterocycles. The van der Waals surface area contributed by atoms with Crippen molar-refractivity contribution in [2.75, 3.05) is 28.2 Å². The summed E-state index contributed by atoms with van der Waals surface area (Å²) in [7, 11) is 9.11. The molecular formula is C22H40HfN4. The summed E-state index contributed by atoms with van der Waals surface area (Å²) in [5.74, 6) is 0. The second-order valence-corrected chi connectivity index (χ2v) is 25.6. The molecule has 2 aromatic heterocycles. The van der Waals surface area contributed by atoms with Gasteiger partial charge >= 0.3 is 172 Å². The van der Waals surface area contributed by atoms with Crippen LogP contribution in [0.5, 0.6) is 0 Å². The zero-order valence-electron chi connectivity index (χ0n) is 19.5. The summed E-state index contributed by atoms with van der Waals surface area (Å²) in [5.41, 5.74) is 5.46. The van der Waals surface area contributed by atoms with Gasteiger partial charge in [0.1, 0.15) is 0 Å². The van der Waals surface area contributed by atoms with E-state index in [9.17, 15) is 0 Å². The first-order valence-electron chi connectivity index (χ1n) is 9.89. The molecule has 0 atom stereocenters. The van der Waals surface area contributed by atoms with Crippen molar-refractivity contribution < 1.29 is 20.5 Å². The van der Waals surface area contributed by atoms with Crippen molar-refractivity contribution in [1.82, 2.24) is 15.7 Å². The second-order valence-electron chi connectivity index (χ2n) is 10.4. The first-order chi connectivity index (χ1) is 12.1. The number of rotatable bonds is 4. The first kappa shape index (κ1) is 22.6. The summed E-state index contributed by atoms with van der Waals surface area (Å²) in [6.07, 6.45) is 0. The van der Waals surface area contributed by atoms with Gasteiger partial charge in [0.15, 0.2) is 0 Å². The number of nitrogens with one attached hydrogen (secondary N) is 2. The van der Waals surface area contributed by atoms with Crippen molar-refractivity contribution >= 4 is 6.64 Å². The normalized spacial score (nSPS) is 13.9. The van der Waals surface area contributed by atoms with Gasteiger partial charge in [-0.2, -0.15) is 0 Å². The van der Waals surface area contributed by atoms with E-state index in [1.165, 1.54) is 26.1 Å². The van der Waals surface area contributed by atoms with E-state index >= 15 is 0 Å². The van der Waals surface area contributed by atoms with Crippen LogP contribution in [-0.4, -0.2) is 43.9 Å². The Balaban J connectivity index is 2.97. The molecule has 2 aromatic rings. The molecule has 0 radical (unpaired) electrons. The summed E-state index contributed by atoms with van der Waals surface area (Å²) in [6.45, 7) is 18.3. The van der Waals surface area contributed by atoms with Crippen LogP contribution in [0.2, 0.25) is 0 Å². The number of nitrogens with zero attached hydrogens (tertiary/aromatic N) is 2. The van der Waals surface area contributed by atoms with Gasteiger partial charge in [0.2, 0.25) is 0 Å².